The van der Waals surface area contributed by atoms with E-state index in [1.807, 2.05) is 0 Å². The van der Waals surface area contributed by atoms with Gasteiger partial charge in [-0.25, -0.2) is 4.79 Å². The molecular formula is C15H20N4O2. The molecule has 1 aliphatic carbocycles. The number of nitriles is 1. The van der Waals surface area contributed by atoms with E-state index in [1.54, 1.807) is 13.8 Å². The predicted octanol–water partition coefficient (Wildman–Crippen LogP) is 2.41. The molecule has 0 aromatic carbocycles. The number of nitrogens with one attached hydrogen (secondary N) is 1. The largest absolute Gasteiger partial charge is 0.480 e. The van der Waals surface area contributed by atoms with Crippen LogP contribution in [0.1, 0.15) is 49.4 Å². The number of nitrogens with zero attached hydrogens (tertiary/aromatic N) is 3. The lowest BCUT2D eigenvalue weighted by Gasteiger charge is -2.36. The summed E-state index contributed by atoms with van der Waals surface area (Å²) in [5, 5.41) is 30.0. The van der Waals surface area contributed by atoms with Crippen LogP contribution in [0.2, 0.25) is 0 Å². The molecule has 6 heteroatoms. The van der Waals surface area contributed by atoms with Gasteiger partial charge in [0, 0.05) is 0 Å². The Balaban J connectivity index is 2.37. The highest BCUT2D eigenvalue weighted by molar-refractivity contribution is 5.83. The first kappa shape index (κ1) is 15.2. The van der Waals surface area contributed by atoms with Crippen molar-refractivity contribution >= 4 is 11.8 Å². The number of aromatic nitrogens is 2. The molecule has 0 saturated heterocycles. The first-order valence-electron chi connectivity index (χ1n) is 7.15. The van der Waals surface area contributed by atoms with Gasteiger partial charge in [-0.2, -0.15) is 10.4 Å². The number of aryl methyl sites for hydroxylation is 1. The molecule has 0 aliphatic heterocycles. The molecule has 0 spiro atoms. The third kappa shape index (κ3) is 2.82. The normalized spacial score (nSPS) is 25.1. The molecule has 0 bridgehead atoms. The van der Waals surface area contributed by atoms with Crippen molar-refractivity contribution in [3.8, 4) is 6.07 Å². The molecule has 1 aromatic rings. The van der Waals surface area contributed by atoms with Crippen LogP contribution in [0.25, 0.3) is 0 Å². The maximum Gasteiger partial charge on any atom is 0.329 e. The monoisotopic (exact) mass is 288 g/mol. The van der Waals surface area contributed by atoms with E-state index in [9.17, 15) is 15.2 Å². The molecule has 0 radical (unpaired) electrons. The molecule has 1 fully saturated rings. The number of hydrogen-bond acceptors (Lipinski definition) is 5. The number of rotatable bonds is 3. The zero-order chi connectivity index (χ0) is 15.6. The highest BCUT2D eigenvalue weighted by Gasteiger charge is 2.42. The molecular weight excluding hydrogens is 268 g/mol. The molecule has 6 nitrogen and oxygen atoms in total. The Hall–Kier alpha value is -2.16. The SMILES string of the molecule is Cc1nnc(NC2(C(=O)O)CCC(C)CC2)c(C#N)c1C. The lowest BCUT2D eigenvalue weighted by atomic mass is 9.77. The third-order valence-corrected chi connectivity index (χ3v) is 4.46. The Labute approximate surface area is 124 Å². The molecule has 2 rings (SSSR count). The number of anilines is 1. The van der Waals surface area contributed by atoms with E-state index in [4.69, 9.17) is 0 Å². The van der Waals surface area contributed by atoms with Gasteiger partial charge in [0.25, 0.3) is 0 Å². The highest BCUT2D eigenvalue weighted by Crippen LogP contribution is 2.35. The zero-order valence-corrected chi connectivity index (χ0v) is 12.6. The molecule has 1 aromatic heterocycles. The highest BCUT2D eigenvalue weighted by atomic mass is 16.4. The van der Waals surface area contributed by atoms with E-state index >= 15 is 0 Å². The van der Waals surface area contributed by atoms with Gasteiger partial charge in [0.05, 0.1) is 5.69 Å². The van der Waals surface area contributed by atoms with Crippen LogP contribution in [0.5, 0.6) is 0 Å². The molecule has 1 aliphatic rings. The summed E-state index contributed by atoms with van der Waals surface area (Å²) in [4.78, 5) is 11.7. The fraction of sp³-hybridized carbons (Fsp3) is 0.600. The molecule has 21 heavy (non-hydrogen) atoms. The summed E-state index contributed by atoms with van der Waals surface area (Å²) in [6, 6.07) is 2.10. The first-order chi connectivity index (χ1) is 9.89. The second-order valence-corrected chi connectivity index (χ2v) is 5.94. The van der Waals surface area contributed by atoms with Gasteiger partial charge in [-0.1, -0.05) is 6.92 Å². The first-order valence-corrected chi connectivity index (χ1v) is 7.15. The smallest absolute Gasteiger partial charge is 0.329 e. The Bertz CT molecular complexity index is 598. The molecule has 1 saturated carbocycles. The standard InChI is InChI=1S/C15H20N4O2/c1-9-4-6-15(7-5-9,14(20)21)17-13-12(8-16)10(2)11(3)18-19-13/h9H,4-7H2,1-3H3,(H,17,19)(H,20,21). The van der Waals surface area contributed by atoms with E-state index in [0.717, 1.165) is 18.4 Å². The number of carboxylic acids is 1. The lowest BCUT2D eigenvalue weighted by molar-refractivity contribution is -0.143. The Morgan fingerprint density at radius 2 is 2.00 bits per heavy atom. The van der Waals surface area contributed by atoms with Crippen molar-refractivity contribution in [1.29, 1.82) is 5.26 Å². The van der Waals surface area contributed by atoms with Crippen LogP contribution >= 0.6 is 0 Å². The molecule has 1 heterocycles. The second kappa shape index (κ2) is 5.68. The van der Waals surface area contributed by atoms with E-state index in [0.29, 0.717) is 30.0 Å². The van der Waals surface area contributed by atoms with Crippen molar-refractivity contribution in [2.75, 3.05) is 5.32 Å². The maximum atomic E-state index is 11.7. The fourth-order valence-electron chi connectivity index (χ4n) is 2.71. The fourth-order valence-corrected chi connectivity index (χ4v) is 2.71. The summed E-state index contributed by atoms with van der Waals surface area (Å²) in [6.07, 6.45) is 2.75. The van der Waals surface area contributed by atoms with Gasteiger partial charge < -0.3 is 10.4 Å². The van der Waals surface area contributed by atoms with Crippen LogP contribution in [0.15, 0.2) is 0 Å². The van der Waals surface area contributed by atoms with Crippen LogP contribution in [0.4, 0.5) is 5.82 Å². The van der Waals surface area contributed by atoms with Gasteiger partial charge in [-0.3, -0.25) is 0 Å². The number of carboxylic acid groups (broad SMARTS) is 1. The Morgan fingerprint density at radius 1 is 1.38 bits per heavy atom. The van der Waals surface area contributed by atoms with Gasteiger partial charge in [-0.15, -0.1) is 5.10 Å². The van der Waals surface area contributed by atoms with Crippen LogP contribution in [-0.2, 0) is 4.79 Å². The molecule has 0 unspecified atom stereocenters. The van der Waals surface area contributed by atoms with Crippen molar-refractivity contribution in [3.05, 3.63) is 16.8 Å². The average Bonchev–Trinajstić information content (AvgIpc) is 2.46. The minimum absolute atomic E-state index is 0.276. The minimum atomic E-state index is -1.05. The summed E-state index contributed by atoms with van der Waals surface area (Å²) in [7, 11) is 0. The quantitative estimate of drug-likeness (QED) is 0.886. The summed E-state index contributed by atoms with van der Waals surface area (Å²) in [5.74, 6) is -0.0866. The molecule has 112 valence electrons. The zero-order valence-electron chi connectivity index (χ0n) is 12.6. The van der Waals surface area contributed by atoms with Crippen molar-refractivity contribution < 1.29 is 9.90 Å². The van der Waals surface area contributed by atoms with Crippen molar-refractivity contribution in [2.45, 2.75) is 52.0 Å². The van der Waals surface area contributed by atoms with Gasteiger partial charge in [0.1, 0.15) is 17.2 Å². The van der Waals surface area contributed by atoms with Crippen LogP contribution in [0, 0.1) is 31.1 Å². The van der Waals surface area contributed by atoms with Crippen molar-refractivity contribution in [2.24, 2.45) is 5.92 Å². The van der Waals surface area contributed by atoms with Crippen LogP contribution in [-0.4, -0.2) is 26.8 Å². The lowest BCUT2D eigenvalue weighted by Crippen LogP contribution is -2.49. The summed E-state index contributed by atoms with van der Waals surface area (Å²) < 4.78 is 0. The van der Waals surface area contributed by atoms with Gasteiger partial charge in [0.15, 0.2) is 5.82 Å². The number of carbonyl (C=O) groups is 1. The number of hydrogen-bond donors (Lipinski definition) is 2. The van der Waals surface area contributed by atoms with Gasteiger partial charge >= 0.3 is 5.97 Å². The Morgan fingerprint density at radius 3 is 2.52 bits per heavy atom. The Kier molecular flexibility index (Phi) is 4.12. The van der Waals surface area contributed by atoms with Crippen molar-refractivity contribution in [3.63, 3.8) is 0 Å². The van der Waals surface area contributed by atoms with Crippen LogP contribution < -0.4 is 5.32 Å². The molecule has 2 N–H and O–H groups in total. The summed E-state index contributed by atoms with van der Waals surface area (Å²) >= 11 is 0. The van der Waals surface area contributed by atoms with Gasteiger partial charge in [-0.05, 0) is 51.0 Å². The molecule has 0 atom stereocenters. The third-order valence-electron chi connectivity index (χ3n) is 4.46. The van der Waals surface area contributed by atoms with Gasteiger partial charge in [0.2, 0.25) is 0 Å². The topological polar surface area (TPSA) is 98.9 Å². The van der Waals surface area contributed by atoms with Crippen molar-refractivity contribution in [1.82, 2.24) is 10.2 Å². The molecule has 0 amide bonds. The average molecular weight is 288 g/mol. The van der Waals surface area contributed by atoms with Crippen LogP contribution in [0.3, 0.4) is 0 Å². The van der Waals surface area contributed by atoms with E-state index in [1.165, 1.54) is 0 Å². The second-order valence-electron chi connectivity index (χ2n) is 5.94. The van der Waals surface area contributed by atoms with E-state index in [2.05, 4.69) is 28.5 Å². The predicted molar refractivity (Wildman–Crippen MR) is 77.8 cm³/mol. The summed E-state index contributed by atoms with van der Waals surface area (Å²) in [5.41, 5.74) is 0.745. The van der Waals surface area contributed by atoms with E-state index in [-0.39, 0.29) is 5.82 Å². The number of aliphatic carboxylic acids is 1. The maximum absolute atomic E-state index is 11.7. The summed E-state index contributed by atoms with van der Waals surface area (Å²) in [6.45, 7) is 5.70. The van der Waals surface area contributed by atoms with E-state index < -0.39 is 11.5 Å². The minimum Gasteiger partial charge on any atom is -0.480 e.